The number of hydrogen-bond donors (Lipinski definition) is 1. The number of carboxylic acids is 1. The van der Waals surface area contributed by atoms with Gasteiger partial charge in [0.1, 0.15) is 5.75 Å². The molecule has 1 N–H and O–H groups in total. The first kappa shape index (κ1) is 14.3. The van der Waals surface area contributed by atoms with Gasteiger partial charge in [0, 0.05) is 5.56 Å². The summed E-state index contributed by atoms with van der Waals surface area (Å²) in [4.78, 5) is 11.4. The van der Waals surface area contributed by atoms with Gasteiger partial charge in [0.05, 0.1) is 12.7 Å². The van der Waals surface area contributed by atoms with Crippen LogP contribution in [-0.2, 0) is 4.79 Å². The first-order valence-electron chi connectivity index (χ1n) is 5.97. The van der Waals surface area contributed by atoms with Crippen molar-refractivity contribution in [1.29, 1.82) is 0 Å². The molecule has 0 saturated heterocycles. The van der Waals surface area contributed by atoms with E-state index in [-0.39, 0.29) is 0 Å². The lowest BCUT2D eigenvalue weighted by Gasteiger charge is -2.14. The third kappa shape index (κ3) is 2.92. The van der Waals surface area contributed by atoms with Crippen LogP contribution in [0, 0.1) is 0 Å². The van der Waals surface area contributed by atoms with Crippen LogP contribution in [0.5, 0.6) is 5.75 Å². The maximum absolute atomic E-state index is 11.4. The van der Waals surface area contributed by atoms with Gasteiger partial charge in [-0.3, -0.25) is 0 Å². The highest BCUT2D eigenvalue weighted by Crippen LogP contribution is 2.31. The average Bonchev–Trinajstić information content (AvgIpc) is 2.27. The quantitative estimate of drug-likeness (QED) is 0.826. The van der Waals surface area contributed by atoms with E-state index in [1.807, 2.05) is 18.2 Å². The molecule has 0 aliphatic rings. The van der Waals surface area contributed by atoms with Gasteiger partial charge in [-0.05, 0) is 37.5 Å². The first-order valence-corrected chi connectivity index (χ1v) is 5.97. The van der Waals surface area contributed by atoms with Gasteiger partial charge in [0.15, 0.2) is 0 Å². The third-order valence-corrected chi connectivity index (χ3v) is 2.87. The Morgan fingerprint density at radius 1 is 1.28 bits per heavy atom. The lowest BCUT2D eigenvalue weighted by molar-refractivity contribution is -0.130. The Balaban J connectivity index is 3.49. The van der Waals surface area contributed by atoms with E-state index in [0.29, 0.717) is 22.8 Å². The molecule has 1 aromatic rings. The van der Waals surface area contributed by atoms with Crippen LogP contribution in [0.15, 0.2) is 23.8 Å². The van der Waals surface area contributed by atoms with E-state index in [2.05, 4.69) is 13.8 Å². The molecule has 0 aliphatic heterocycles. The molecule has 0 spiro atoms. The molecule has 0 amide bonds. The summed E-state index contributed by atoms with van der Waals surface area (Å²) in [6.07, 6.45) is 0. The van der Waals surface area contributed by atoms with Crippen LogP contribution in [0.2, 0.25) is 0 Å². The third-order valence-electron chi connectivity index (χ3n) is 2.87. The molecular formula is C15H20O3. The summed E-state index contributed by atoms with van der Waals surface area (Å²) in [6.45, 7) is 7.75. The summed E-state index contributed by atoms with van der Waals surface area (Å²) in [5.41, 5.74) is 2.83. The molecule has 98 valence electrons. The molecule has 1 rings (SSSR count). The van der Waals surface area contributed by atoms with Gasteiger partial charge in [-0.2, -0.15) is 0 Å². The molecule has 0 saturated carbocycles. The largest absolute Gasteiger partial charge is 0.496 e. The van der Waals surface area contributed by atoms with Crippen molar-refractivity contribution in [2.75, 3.05) is 7.11 Å². The number of carboxylic acid groups (broad SMARTS) is 1. The molecule has 1 aromatic carbocycles. The van der Waals surface area contributed by atoms with Gasteiger partial charge in [-0.15, -0.1) is 0 Å². The highest BCUT2D eigenvalue weighted by molar-refractivity contribution is 6.17. The van der Waals surface area contributed by atoms with Gasteiger partial charge < -0.3 is 9.84 Å². The lowest BCUT2D eigenvalue weighted by Crippen LogP contribution is -2.05. The molecule has 0 heterocycles. The monoisotopic (exact) mass is 248 g/mol. The topological polar surface area (TPSA) is 46.5 Å². The number of benzene rings is 1. The normalized spacial score (nSPS) is 10.3. The average molecular weight is 248 g/mol. The number of carbonyl (C=O) groups is 1. The van der Waals surface area contributed by atoms with Crippen LogP contribution in [-0.4, -0.2) is 18.2 Å². The van der Waals surface area contributed by atoms with E-state index < -0.39 is 5.97 Å². The van der Waals surface area contributed by atoms with Crippen molar-refractivity contribution in [3.05, 3.63) is 34.9 Å². The van der Waals surface area contributed by atoms with Crippen molar-refractivity contribution in [1.82, 2.24) is 0 Å². The Morgan fingerprint density at radius 2 is 1.89 bits per heavy atom. The summed E-state index contributed by atoms with van der Waals surface area (Å²) in [5.74, 6) is 0.0223. The minimum absolute atomic E-state index is 0.314. The number of aliphatic carboxylic acids is 1. The summed E-state index contributed by atoms with van der Waals surface area (Å²) in [7, 11) is 1.55. The zero-order valence-corrected chi connectivity index (χ0v) is 11.6. The van der Waals surface area contributed by atoms with Crippen LogP contribution in [0.25, 0.3) is 5.57 Å². The van der Waals surface area contributed by atoms with Crippen molar-refractivity contribution < 1.29 is 14.6 Å². The van der Waals surface area contributed by atoms with E-state index >= 15 is 0 Å². The smallest absolute Gasteiger partial charge is 0.336 e. The molecule has 0 fully saturated rings. The van der Waals surface area contributed by atoms with Gasteiger partial charge in [-0.25, -0.2) is 4.79 Å². The van der Waals surface area contributed by atoms with E-state index in [0.717, 1.165) is 11.1 Å². The van der Waals surface area contributed by atoms with Gasteiger partial charge >= 0.3 is 5.97 Å². The Kier molecular flexibility index (Phi) is 4.54. The van der Waals surface area contributed by atoms with Crippen LogP contribution < -0.4 is 4.74 Å². The van der Waals surface area contributed by atoms with E-state index in [1.165, 1.54) is 0 Å². The van der Waals surface area contributed by atoms with Gasteiger partial charge in [0.2, 0.25) is 0 Å². The second kappa shape index (κ2) is 5.71. The minimum atomic E-state index is -0.922. The Labute approximate surface area is 108 Å². The SMILES string of the molecule is COc1ccc(C(C)C)cc1C(C(=O)O)=C(C)C. The summed E-state index contributed by atoms with van der Waals surface area (Å²) in [6, 6.07) is 5.70. The zero-order valence-electron chi connectivity index (χ0n) is 11.6. The molecule has 0 aromatic heterocycles. The molecule has 3 nitrogen and oxygen atoms in total. The van der Waals surface area contributed by atoms with Crippen molar-refractivity contribution >= 4 is 11.5 Å². The lowest BCUT2D eigenvalue weighted by atomic mass is 9.94. The Hall–Kier alpha value is -1.77. The first-order chi connectivity index (χ1) is 8.38. The maximum Gasteiger partial charge on any atom is 0.336 e. The van der Waals surface area contributed by atoms with Crippen molar-refractivity contribution in [2.45, 2.75) is 33.6 Å². The molecule has 0 unspecified atom stereocenters. The van der Waals surface area contributed by atoms with Crippen LogP contribution in [0.4, 0.5) is 0 Å². The highest BCUT2D eigenvalue weighted by atomic mass is 16.5. The Morgan fingerprint density at radius 3 is 2.28 bits per heavy atom. The predicted molar refractivity (Wildman–Crippen MR) is 73.0 cm³/mol. The van der Waals surface area contributed by atoms with E-state index in [9.17, 15) is 9.90 Å². The van der Waals surface area contributed by atoms with Crippen molar-refractivity contribution in [3.63, 3.8) is 0 Å². The van der Waals surface area contributed by atoms with Crippen LogP contribution in [0.1, 0.15) is 44.7 Å². The van der Waals surface area contributed by atoms with E-state index in [1.54, 1.807) is 21.0 Å². The molecule has 0 atom stereocenters. The Bertz CT molecular complexity index is 481. The fourth-order valence-electron chi connectivity index (χ4n) is 1.88. The summed E-state index contributed by atoms with van der Waals surface area (Å²) >= 11 is 0. The van der Waals surface area contributed by atoms with Crippen molar-refractivity contribution in [3.8, 4) is 5.75 Å². The highest BCUT2D eigenvalue weighted by Gasteiger charge is 2.18. The second-order valence-electron chi connectivity index (χ2n) is 4.79. The number of hydrogen-bond acceptors (Lipinski definition) is 2. The van der Waals surface area contributed by atoms with Gasteiger partial charge in [-0.1, -0.05) is 25.5 Å². The van der Waals surface area contributed by atoms with Crippen molar-refractivity contribution in [2.24, 2.45) is 0 Å². The molecule has 3 heteroatoms. The second-order valence-corrected chi connectivity index (χ2v) is 4.79. The van der Waals surface area contributed by atoms with Crippen LogP contribution >= 0.6 is 0 Å². The van der Waals surface area contributed by atoms with E-state index in [4.69, 9.17) is 4.74 Å². The maximum atomic E-state index is 11.4. The number of allylic oxidation sites excluding steroid dienone is 1. The minimum Gasteiger partial charge on any atom is -0.496 e. The standard InChI is InChI=1S/C15H20O3/c1-9(2)11-6-7-13(18-5)12(8-11)14(10(3)4)15(16)17/h6-9H,1-5H3,(H,16,17). The predicted octanol–water partition coefficient (Wildman–Crippen LogP) is 3.70. The molecular weight excluding hydrogens is 228 g/mol. The number of ether oxygens (including phenoxy) is 1. The number of rotatable bonds is 4. The summed E-state index contributed by atoms with van der Waals surface area (Å²) < 4.78 is 5.26. The van der Waals surface area contributed by atoms with Gasteiger partial charge in [0.25, 0.3) is 0 Å². The fraction of sp³-hybridized carbons (Fsp3) is 0.400. The number of methoxy groups -OCH3 is 1. The molecule has 18 heavy (non-hydrogen) atoms. The summed E-state index contributed by atoms with van der Waals surface area (Å²) in [5, 5.41) is 9.33. The zero-order chi connectivity index (χ0) is 13.9. The molecule has 0 bridgehead atoms. The van der Waals surface area contributed by atoms with Crippen LogP contribution in [0.3, 0.4) is 0 Å². The molecule has 0 radical (unpaired) electrons. The fourth-order valence-corrected chi connectivity index (χ4v) is 1.88. The molecule has 0 aliphatic carbocycles.